The summed E-state index contributed by atoms with van der Waals surface area (Å²) in [7, 11) is 0. The highest BCUT2D eigenvalue weighted by Gasteiger charge is 2.22. The lowest BCUT2D eigenvalue weighted by molar-refractivity contribution is -0.124. The Morgan fingerprint density at radius 1 is 1.44 bits per heavy atom. The van der Waals surface area contributed by atoms with E-state index < -0.39 is 0 Å². The van der Waals surface area contributed by atoms with Gasteiger partial charge in [-0.2, -0.15) is 0 Å². The van der Waals surface area contributed by atoms with Crippen molar-refractivity contribution in [2.24, 2.45) is 0 Å². The van der Waals surface area contributed by atoms with Crippen LogP contribution in [-0.4, -0.2) is 18.5 Å². The topological polar surface area (TPSA) is 41.1 Å². The molecule has 0 radical (unpaired) electrons. The second-order valence-electron chi connectivity index (χ2n) is 4.75. The molecule has 1 saturated heterocycles. The molecule has 0 bridgehead atoms. The van der Waals surface area contributed by atoms with Crippen LogP contribution in [0.15, 0.2) is 24.3 Å². The van der Waals surface area contributed by atoms with Gasteiger partial charge in [-0.05, 0) is 32.4 Å². The first kappa shape index (κ1) is 13.0. The molecule has 2 rings (SSSR count). The molecular formula is C14H19FN2O. The summed E-state index contributed by atoms with van der Waals surface area (Å²) in [6.07, 6.45) is 3.04. The van der Waals surface area contributed by atoms with Gasteiger partial charge in [0.25, 0.3) is 0 Å². The minimum Gasteiger partial charge on any atom is -0.348 e. The van der Waals surface area contributed by atoms with Crippen LogP contribution in [0.2, 0.25) is 0 Å². The minimum absolute atomic E-state index is 0.0366. The van der Waals surface area contributed by atoms with Crippen LogP contribution in [0.1, 0.15) is 37.8 Å². The summed E-state index contributed by atoms with van der Waals surface area (Å²) < 4.78 is 13.6. The molecule has 0 aromatic heterocycles. The molecule has 1 fully saturated rings. The molecule has 4 heteroatoms. The van der Waals surface area contributed by atoms with Gasteiger partial charge in [0, 0.05) is 5.56 Å². The monoisotopic (exact) mass is 250 g/mol. The first-order chi connectivity index (χ1) is 8.68. The van der Waals surface area contributed by atoms with Crippen LogP contribution in [0.3, 0.4) is 0 Å². The van der Waals surface area contributed by atoms with Crippen molar-refractivity contribution in [2.45, 2.75) is 38.3 Å². The molecule has 18 heavy (non-hydrogen) atoms. The quantitative estimate of drug-likeness (QED) is 0.863. The summed E-state index contributed by atoms with van der Waals surface area (Å²) in [5.41, 5.74) is 0.529. The number of hydrogen-bond donors (Lipinski definition) is 2. The Balaban J connectivity index is 1.96. The first-order valence-electron chi connectivity index (χ1n) is 6.46. The number of rotatable bonds is 3. The number of carbonyl (C=O) groups excluding carboxylic acids is 1. The number of halogens is 1. The standard InChI is InChI=1S/C14H19FN2O/c1-10(11-6-2-3-7-12(11)15)17-14(18)13-8-4-5-9-16-13/h2-3,6-7,10,13,16H,4-5,8-9H2,1H3,(H,17,18). The molecule has 3 nitrogen and oxygen atoms in total. The number of benzene rings is 1. The van der Waals surface area contributed by atoms with Crippen LogP contribution in [0, 0.1) is 5.82 Å². The van der Waals surface area contributed by atoms with Gasteiger partial charge in [0.2, 0.25) is 5.91 Å². The van der Waals surface area contributed by atoms with Gasteiger partial charge in [-0.1, -0.05) is 24.6 Å². The van der Waals surface area contributed by atoms with Gasteiger partial charge in [0.1, 0.15) is 5.82 Å². The third-order valence-corrected chi connectivity index (χ3v) is 3.36. The molecule has 1 aromatic rings. The Bertz CT molecular complexity index is 416. The Morgan fingerprint density at radius 3 is 2.89 bits per heavy atom. The van der Waals surface area contributed by atoms with Crippen molar-refractivity contribution in [3.8, 4) is 0 Å². The zero-order valence-corrected chi connectivity index (χ0v) is 10.6. The van der Waals surface area contributed by atoms with Crippen molar-refractivity contribution < 1.29 is 9.18 Å². The van der Waals surface area contributed by atoms with Gasteiger partial charge in [0.05, 0.1) is 12.1 Å². The van der Waals surface area contributed by atoms with Crippen molar-refractivity contribution in [1.29, 1.82) is 0 Å². The molecule has 2 atom stereocenters. The van der Waals surface area contributed by atoms with Crippen LogP contribution in [0.4, 0.5) is 4.39 Å². The Kier molecular flexibility index (Phi) is 4.31. The maximum atomic E-state index is 13.6. The minimum atomic E-state index is -0.303. The number of nitrogens with one attached hydrogen (secondary N) is 2. The molecule has 0 spiro atoms. The van der Waals surface area contributed by atoms with Crippen LogP contribution < -0.4 is 10.6 Å². The lowest BCUT2D eigenvalue weighted by Crippen LogP contribution is -2.47. The van der Waals surface area contributed by atoms with E-state index in [1.807, 2.05) is 0 Å². The van der Waals surface area contributed by atoms with E-state index in [4.69, 9.17) is 0 Å². The highest BCUT2D eigenvalue weighted by atomic mass is 19.1. The number of piperidine rings is 1. The number of hydrogen-bond acceptors (Lipinski definition) is 2. The molecule has 0 aliphatic carbocycles. The fourth-order valence-electron chi connectivity index (χ4n) is 2.29. The summed E-state index contributed by atoms with van der Waals surface area (Å²) >= 11 is 0. The van der Waals surface area contributed by atoms with Crippen LogP contribution in [0.25, 0.3) is 0 Å². The second-order valence-corrected chi connectivity index (χ2v) is 4.75. The van der Waals surface area contributed by atoms with E-state index in [1.54, 1.807) is 25.1 Å². The summed E-state index contributed by atoms with van der Waals surface area (Å²) in [6, 6.07) is 6.11. The molecule has 1 aromatic carbocycles. The highest BCUT2D eigenvalue weighted by Crippen LogP contribution is 2.17. The summed E-state index contributed by atoms with van der Waals surface area (Å²) in [5, 5.41) is 6.05. The van der Waals surface area contributed by atoms with Crippen molar-refractivity contribution in [3.05, 3.63) is 35.6 Å². The van der Waals surface area contributed by atoms with E-state index in [0.29, 0.717) is 5.56 Å². The third-order valence-electron chi connectivity index (χ3n) is 3.36. The normalized spacial score (nSPS) is 21.3. The number of carbonyl (C=O) groups is 1. The molecule has 1 heterocycles. The van der Waals surface area contributed by atoms with E-state index in [9.17, 15) is 9.18 Å². The molecule has 98 valence electrons. The molecule has 2 unspecified atom stereocenters. The van der Waals surface area contributed by atoms with Gasteiger partial charge in [0.15, 0.2) is 0 Å². The zero-order chi connectivity index (χ0) is 13.0. The van der Waals surface area contributed by atoms with Crippen molar-refractivity contribution >= 4 is 5.91 Å². The summed E-state index contributed by atoms with van der Waals surface area (Å²) in [4.78, 5) is 12.0. The predicted molar refractivity (Wildman–Crippen MR) is 68.6 cm³/mol. The maximum absolute atomic E-state index is 13.6. The van der Waals surface area contributed by atoms with Gasteiger partial charge in [-0.25, -0.2) is 4.39 Å². The van der Waals surface area contributed by atoms with E-state index >= 15 is 0 Å². The Labute approximate surface area is 107 Å². The third kappa shape index (κ3) is 3.07. The van der Waals surface area contributed by atoms with Crippen molar-refractivity contribution in [3.63, 3.8) is 0 Å². The van der Waals surface area contributed by atoms with Crippen LogP contribution in [-0.2, 0) is 4.79 Å². The molecule has 2 N–H and O–H groups in total. The average molecular weight is 250 g/mol. The Hall–Kier alpha value is -1.42. The molecular weight excluding hydrogens is 231 g/mol. The molecule has 1 amide bonds. The fourth-order valence-corrected chi connectivity index (χ4v) is 2.29. The number of amides is 1. The van der Waals surface area contributed by atoms with E-state index in [0.717, 1.165) is 25.8 Å². The van der Waals surface area contributed by atoms with Gasteiger partial charge in [-0.3, -0.25) is 4.79 Å². The predicted octanol–water partition coefficient (Wildman–Crippen LogP) is 2.14. The summed E-state index contributed by atoms with van der Waals surface area (Å²) in [5.74, 6) is -0.313. The van der Waals surface area contributed by atoms with Gasteiger partial charge in [-0.15, -0.1) is 0 Å². The van der Waals surface area contributed by atoms with Crippen molar-refractivity contribution in [2.75, 3.05) is 6.54 Å². The van der Waals surface area contributed by atoms with Crippen LogP contribution >= 0.6 is 0 Å². The van der Waals surface area contributed by atoms with E-state index in [-0.39, 0.29) is 23.8 Å². The maximum Gasteiger partial charge on any atom is 0.237 e. The lowest BCUT2D eigenvalue weighted by atomic mass is 10.0. The Morgan fingerprint density at radius 2 is 2.22 bits per heavy atom. The van der Waals surface area contributed by atoms with E-state index in [2.05, 4.69) is 10.6 Å². The smallest absolute Gasteiger partial charge is 0.237 e. The molecule has 1 aliphatic rings. The van der Waals surface area contributed by atoms with Gasteiger partial charge >= 0.3 is 0 Å². The summed E-state index contributed by atoms with van der Waals surface area (Å²) in [6.45, 7) is 2.69. The van der Waals surface area contributed by atoms with Gasteiger partial charge < -0.3 is 10.6 Å². The zero-order valence-electron chi connectivity index (χ0n) is 10.6. The average Bonchev–Trinajstić information content (AvgIpc) is 2.40. The van der Waals surface area contributed by atoms with Crippen LogP contribution in [0.5, 0.6) is 0 Å². The first-order valence-corrected chi connectivity index (χ1v) is 6.46. The van der Waals surface area contributed by atoms with Crippen molar-refractivity contribution in [1.82, 2.24) is 10.6 Å². The second kappa shape index (κ2) is 5.96. The fraction of sp³-hybridized carbons (Fsp3) is 0.500. The highest BCUT2D eigenvalue weighted by molar-refractivity contribution is 5.82. The molecule has 1 aliphatic heterocycles. The van der Waals surface area contributed by atoms with E-state index in [1.165, 1.54) is 6.07 Å². The molecule has 0 saturated carbocycles. The largest absolute Gasteiger partial charge is 0.348 e. The SMILES string of the molecule is CC(NC(=O)C1CCCCN1)c1ccccc1F. The lowest BCUT2D eigenvalue weighted by Gasteiger charge is -2.24.